The number of nitrogens with zero attached hydrogens (tertiary/aromatic N) is 5. The van der Waals surface area contributed by atoms with Crippen LogP contribution < -0.4 is 10.5 Å². The smallest absolute Gasteiger partial charge is 0.267 e. The van der Waals surface area contributed by atoms with Crippen molar-refractivity contribution in [3.63, 3.8) is 0 Å². The van der Waals surface area contributed by atoms with E-state index in [1.807, 2.05) is 43.3 Å². The summed E-state index contributed by atoms with van der Waals surface area (Å²) in [5.74, 6) is 0.187. The average molecular weight is 442 g/mol. The van der Waals surface area contributed by atoms with Gasteiger partial charge in [-0.1, -0.05) is 48.2 Å². The second-order valence-electron chi connectivity index (χ2n) is 7.01. The summed E-state index contributed by atoms with van der Waals surface area (Å²) in [6, 6.07) is 21.8. The summed E-state index contributed by atoms with van der Waals surface area (Å²) in [6.45, 7) is 1.85. The molecule has 0 aliphatic heterocycles. The molecule has 0 N–H and O–H groups in total. The van der Waals surface area contributed by atoms with Gasteiger partial charge in [0, 0.05) is 11.9 Å². The highest BCUT2D eigenvalue weighted by Gasteiger charge is 2.19. The van der Waals surface area contributed by atoms with Crippen molar-refractivity contribution in [3.8, 4) is 11.9 Å². The molecule has 2 aromatic carbocycles. The topological polar surface area (TPSA) is 91.9 Å². The second kappa shape index (κ2) is 9.45. The Kier molecular flexibility index (Phi) is 6.29. The highest BCUT2D eigenvalue weighted by atomic mass is 32.2. The minimum absolute atomic E-state index is 0.00716. The van der Waals surface area contributed by atoms with E-state index in [-0.39, 0.29) is 23.8 Å². The maximum absolute atomic E-state index is 13.3. The van der Waals surface area contributed by atoms with E-state index >= 15 is 0 Å². The van der Waals surface area contributed by atoms with Crippen LogP contribution in [0.15, 0.2) is 82.9 Å². The first kappa shape index (κ1) is 21.3. The van der Waals surface area contributed by atoms with Crippen LogP contribution in [0.4, 0.5) is 5.69 Å². The Morgan fingerprint density at radius 1 is 1.09 bits per heavy atom. The third-order valence-corrected chi connectivity index (χ3v) is 5.72. The molecule has 8 heteroatoms. The highest BCUT2D eigenvalue weighted by Crippen LogP contribution is 2.22. The SMILES string of the molecule is Cc1ccc(-n2c(SCC(=O)N(CC#N)c3ccccc3)nc3ccccc3c2=O)nc1. The summed E-state index contributed by atoms with van der Waals surface area (Å²) >= 11 is 1.14. The molecule has 158 valence electrons. The zero-order chi connectivity index (χ0) is 22.5. The summed E-state index contributed by atoms with van der Waals surface area (Å²) in [4.78, 5) is 36.7. The van der Waals surface area contributed by atoms with E-state index in [0.29, 0.717) is 27.6 Å². The Hall–Kier alpha value is -3.96. The quantitative estimate of drug-likeness (QED) is 0.257. The Morgan fingerprint density at radius 2 is 1.84 bits per heavy atom. The molecule has 2 aromatic heterocycles. The second-order valence-corrected chi connectivity index (χ2v) is 7.95. The van der Waals surface area contributed by atoms with Crippen LogP contribution in [0.5, 0.6) is 0 Å². The predicted octanol–water partition coefficient (Wildman–Crippen LogP) is 3.74. The number of carbonyl (C=O) groups is 1. The number of amides is 1. The van der Waals surface area contributed by atoms with Gasteiger partial charge in [0.2, 0.25) is 5.91 Å². The van der Waals surface area contributed by atoms with Crippen molar-refractivity contribution in [2.45, 2.75) is 12.1 Å². The summed E-state index contributed by atoms with van der Waals surface area (Å²) in [5.41, 5.74) is 1.91. The molecule has 0 aliphatic carbocycles. The number of rotatable bonds is 6. The van der Waals surface area contributed by atoms with Gasteiger partial charge in [0.05, 0.1) is 22.7 Å². The number of nitriles is 1. The van der Waals surface area contributed by atoms with Crippen LogP contribution in [-0.2, 0) is 4.79 Å². The largest absolute Gasteiger partial charge is 0.298 e. The van der Waals surface area contributed by atoms with Gasteiger partial charge in [-0.2, -0.15) is 5.26 Å². The van der Waals surface area contributed by atoms with Crippen LogP contribution in [0, 0.1) is 18.3 Å². The molecule has 0 unspecified atom stereocenters. The molecule has 0 aliphatic rings. The Bertz CT molecular complexity index is 1360. The molecule has 0 atom stereocenters. The molecule has 0 bridgehead atoms. The fourth-order valence-corrected chi connectivity index (χ4v) is 4.09. The molecule has 4 aromatic rings. The Morgan fingerprint density at radius 3 is 2.56 bits per heavy atom. The fraction of sp³-hybridized carbons (Fsp3) is 0.125. The number of aryl methyl sites for hydroxylation is 1. The summed E-state index contributed by atoms with van der Waals surface area (Å²) in [7, 11) is 0. The van der Waals surface area contributed by atoms with E-state index in [4.69, 9.17) is 0 Å². The van der Waals surface area contributed by atoms with Gasteiger partial charge in [0.1, 0.15) is 12.4 Å². The normalized spacial score (nSPS) is 10.6. The van der Waals surface area contributed by atoms with Crippen LogP contribution >= 0.6 is 11.8 Å². The van der Waals surface area contributed by atoms with Crippen molar-refractivity contribution in [1.82, 2.24) is 14.5 Å². The number of pyridine rings is 1. The molecule has 7 nitrogen and oxygen atoms in total. The molecule has 0 spiro atoms. The standard InChI is InChI=1S/C24H19N5O2S/c1-17-11-12-21(26-15-17)29-23(31)19-9-5-6-10-20(19)27-24(29)32-16-22(30)28(14-13-25)18-7-3-2-4-8-18/h2-12,15H,14,16H2,1H3. The number of hydrogen-bond donors (Lipinski definition) is 0. The third-order valence-electron chi connectivity index (χ3n) is 4.79. The fourth-order valence-electron chi connectivity index (χ4n) is 3.21. The zero-order valence-corrected chi connectivity index (χ0v) is 18.1. The zero-order valence-electron chi connectivity index (χ0n) is 17.3. The van der Waals surface area contributed by atoms with Crippen LogP contribution in [0.1, 0.15) is 5.56 Å². The predicted molar refractivity (Wildman–Crippen MR) is 125 cm³/mol. The van der Waals surface area contributed by atoms with Crippen molar-refractivity contribution >= 4 is 34.3 Å². The lowest BCUT2D eigenvalue weighted by Crippen LogP contribution is -2.33. The molecular weight excluding hydrogens is 422 g/mol. The lowest BCUT2D eigenvalue weighted by Gasteiger charge is -2.20. The van der Waals surface area contributed by atoms with E-state index in [1.54, 1.807) is 42.6 Å². The number of anilines is 1. The number of aromatic nitrogens is 3. The first-order chi connectivity index (χ1) is 15.6. The average Bonchev–Trinajstić information content (AvgIpc) is 2.82. The third kappa shape index (κ3) is 4.38. The Labute approximate surface area is 189 Å². The van der Waals surface area contributed by atoms with E-state index in [1.165, 1.54) is 9.47 Å². The van der Waals surface area contributed by atoms with E-state index < -0.39 is 0 Å². The van der Waals surface area contributed by atoms with E-state index in [0.717, 1.165) is 17.3 Å². The molecule has 2 heterocycles. The highest BCUT2D eigenvalue weighted by molar-refractivity contribution is 7.99. The number of hydrogen-bond acceptors (Lipinski definition) is 6. The monoisotopic (exact) mass is 441 g/mol. The van der Waals surface area contributed by atoms with Crippen LogP contribution in [0.25, 0.3) is 16.7 Å². The molecule has 32 heavy (non-hydrogen) atoms. The van der Waals surface area contributed by atoms with E-state index in [9.17, 15) is 14.9 Å². The number of benzene rings is 2. The lowest BCUT2D eigenvalue weighted by atomic mass is 10.2. The number of carbonyl (C=O) groups excluding carboxylic acids is 1. The summed E-state index contributed by atoms with van der Waals surface area (Å²) in [5, 5.41) is 10.0. The molecule has 1 amide bonds. The minimum atomic E-state index is -0.256. The maximum atomic E-state index is 13.3. The first-order valence-electron chi connectivity index (χ1n) is 9.88. The maximum Gasteiger partial charge on any atom is 0.267 e. The Balaban J connectivity index is 1.71. The van der Waals surface area contributed by atoms with Crippen LogP contribution in [0.3, 0.4) is 0 Å². The van der Waals surface area contributed by atoms with Crippen molar-refractivity contribution in [3.05, 3.63) is 88.8 Å². The van der Waals surface area contributed by atoms with Crippen molar-refractivity contribution in [2.24, 2.45) is 0 Å². The molecule has 0 saturated heterocycles. The number of para-hydroxylation sites is 2. The van der Waals surface area contributed by atoms with E-state index in [2.05, 4.69) is 9.97 Å². The molecule has 4 rings (SSSR count). The van der Waals surface area contributed by atoms with Crippen molar-refractivity contribution in [2.75, 3.05) is 17.2 Å². The molecule has 0 radical (unpaired) electrons. The molecular formula is C24H19N5O2S. The van der Waals surface area contributed by atoms with Gasteiger partial charge in [-0.3, -0.25) is 14.5 Å². The van der Waals surface area contributed by atoms with Crippen LogP contribution in [-0.4, -0.2) is 32.7 Å². The van der Waals surface area contributed by atoms with Gasteiger partial charge in [0.15, 0.2) is 5.16 Å². The molecule has 0 saturated carbocycles. The van der Waals surface area contributed by atoms with Gasteiger partial charge in [-0.05, 0) is 42.8 Å². The minimum Gasteiger partial charge on any atom is -0.298 e. The summed E-state index contributed by atoms with van der Waals surface area (Å²) < 4.78 is 1.43. The lowest BCUT2D eigenvalue weighted by molar-refractivity contribution is -0.116. The van der Waals surface area contributed by atoms with Gasteiger partial charge in [0.25, 0.3) is 5.56 Å². The van der Waals surface area contributed by atoms with Crippen molar-refractivity contribution in [1.29, 1.82) is 5.26 Å². The van der Waals surface area contributed by atoms with Gasteiger partial charge in [-0.25, -0.2) is 14.5 Å². The van der Waals surface area contributed by atoms with Gasteiger partial charge >= 0.3 is 0 Å². The summed E-state index contributed by atoms with van der Waals surface area (Å²) in [6.07, 6.45) is 1.68. The first-order valence-corrected chi connectivity index (χ1v) is 10.9. The number of fused-ring (bicyclic) bond motifs is 1. The molecule has 0 fully saturated rings. The van der Waals surface area contributed by atoms with Crippen LogP contribution in [0.2, 0.25) is 0 Å². The van der Waals surface area contributed by atoms with Gasteiger partial charge in [-0.15, -0.1) is 0 Å². The number of thioether (sulfide) groups is 1. The van der Waals surface area contributed by atoms with Crippen molar-refractivity contribution < 1.29 is 4.79 Å². The van der Waals surface area contributed by atoms with Gasteiger partial charge < -0.3 is 0 Å².